The van der Waals surface area contributed by atoms with Crippen molar-refractivity contribution in [3.05, 3.63) is 36.0 Å². The number of carbonyl (C=O) groups excluding carboxylic acids is 1. The maximum atomic E-state index is 11.9. The SMILES string of the molecule is CC(Cc1cc2ccccc2[nH]1)NC(=O)C(C)(C)C. The Bertz CT molecular complexity index is 545. The van der Waals surface area contributed by atoms with E-state index in [0.29, 0.717) is 0 Å². The van der Waals surface area contributed by atoms with Crippen LogP contribution in [0.4, 0.5) is 0 Å². The summed E-state index contributed by atoms with van der Waals surface area (Å²) in [6.45, 7) is 7.82. The number of amides is 1. The molecule has 0 radical (unpaired) electrons. The number of hydrogen-bond acceptors (Lipinski definition) is 1. The van der Waals surface area contributed by atoms with Crippen LogP contribution in [0.25, 0.3) is 10.9 Å². The minimum atomic E-state index is -0.339. The topological polar surface area (TPSA) is 44.9 Å². The lowest BCUT2D eigenvalue weighted by Crippen LogP contribution is -2.41. The third-order valence-electron chi connectivity index (χ3n) is 3.17. The average molecular weight is 258 g/mol. The molecule has 1 aromatic carbocycles. The summed E-state index contributed by atoms with van der Waals surface area (Å²) in [5, 5.41) is 4.27. The second kappa shape index (κ2) is 5.08. The van der Waals surface area contributed by atoms with Crippen LogP contribution < -0.4 is 5.32 Å². The Kier molecular flexibility index (Phi) is 3.65. The molecule has 2 aromatic rings. The lowest BCUT2D eigenvalue weighted by atomic mass is 9.95. The third-order valence-corrected chi connectivity index (χ3v) is 3.17. The van der Waals surface area contributed by atoms with Crippen LogP contribution in [0.3, 0.4) is 0 Å². The van der Waals surface area contributed by atoms with Gasteiger partial charge in [-0.05, 0) is 24.4 Å². The van der Waals surface area contributed by atoms with E-state index in [9.17, 15) is 4.79 Å². The maximum Gasteiger partial charge on any atom is 0.225 e. The number of para-hydroxylation sites is 1. The lowest BCUT2D eigenvalue weighted by Gasteiger charge is -2.21. The molecular weight excluding hydrogens is 236 g/mol. The molecule has 19 heavy (non-hydrogen) atoms. The molecule has 102 valence electrons. The number of carbonyl (C=O) groups is 1. The minimum absolute atomic E-state index is 0.0936. The number of fused-ring (bicyclic) bond motifs is 1. The highest BCUT2D eigenvalue weighted by atomic mass is 16.2. The third kappa shape index (κ3) is 3.37. The van der Waals surface area contributed by atoms with Gasteiger partial charge in [0.15, 0.2) is 0 Å². The van der Waals surface area contributed by atoms with Crippen LogP contribution in [-0.4, -0.2) is 16.9 Å². The highest BCUT2D eigenvalue weighted by Crippen LogP contribution is 2.17. The van der Waals surface area contributed by atoms with E-state index >= 15 is 0 Å². The van der Waals surface area contributed by atoms with Gasteiger partial charge in [0.1, 0.15) is 0 Å². The molecule has 0 aliphatic carbocycles. The Morgan fingerprint density at radius 2 is 2.00 bits per heavy atom. The Morgan fingerprint density at radius 1 is 1.32 bits per heavy atom. The van der Waals surface area contributed by atoms with E-state index in [1.165, 1.54) is 5.39 Å². The number of aromatic amines is 1. The van der Waals surface area contributed by atoms with Crippen molar-refractivity contribution in [2.75, 3.05) is 0 Å². The second-order valence-corrected chi connectivity index (χ2v) is 6.21. The number of aromatic nitrogens is 1. The van der Waals surface area contributed by atoms with Gasteiger partial charge in [-0.15, -0.1) is 0 Å². The van der Waals surface area contributed by atoms with Crippen LogP contribution >= 0.6 is 0 Å². The predicted octanol–water partition coefficient (Wildman–Crippen LogP) is 3.26. The molecular formula is C16H22N2O. The van der Waals surface area contributed by atoms with Crippen molar-refractivity contribution in [3.8, 4) is 0 Å². The molecule has 1 unspecified atom stereocenters. The van der Waals surface area contributed by atoms with Crippen LogP contribution in [0.5, 0.6) is 0 Å². The van der Waals surface area contributed by atoms with E-state index in [0.717, 1.165) is 17.6 Å². The molecule has 0 saturated carbocycles. The van der Waals surface area contributed by atoms with E-state index in [1.54, 1.807) is 0 Å². The van der Waals surface area contributed by atoms with Gasteiger partial charge in [-0.25, -0.2) is 0 Å². The van der Waals surface area contributed by atoms with Crippen molar-refractivity contribution in [1.29, 1.82) is 0 Å². The summed E-state index contributed by atoms with van der Waals surface area (Å²) in [6.07, 6.45) is 0.816. The largest absolute Gasteiger partial charge is 0.358 e. The maximum absolute atomic E-state index is 11.9. The van der Waals surface area contributed by atoms with Crippen molar-refractivity contribution in [2.45, 2.75) is 40.2 Å². The molecule has 1 amide bonds. The first kappa shape index (κ1) is 13.7. The van der Waals surface area contributed by atoms with Crippen LogP contribution in [0.1, 0.15) is 33.4 Å². The Labute approximate surface area is 114 Å². The van der Waals surface area contributed by atoms with Gasteiger partial charge in [-0.1, -0.05) is 39.0 Å². The van der Waals surface area contributed by atoms with E-state index < -0.39 is 0 Å². The van der Waals surface area contributed by atoms with E-state index in [4.69, 9.17) is 0 Å². The van der Waals surface area contributed by atoms with Crippen LogP contribution in [0.2, 0.25) is 0 Å². The molecule has 0 aliphatic heterocycles. The van der Waals surface area contributed by atoms with Crippen molar-refractivity contribution in [1.82, 2.24) is 10.3 Å². The predicted molar refractivity (Wildman–Crippen MR) is 79.1 cm³/mol. The van der Waals surface area contributed by atoms with Crippen LogP contribution in [0.15, 0.2) is 30.3 Å². The molecule has 3 heteroatoms. The number of rotatable bonds is 3. The van der Waals surface area contributed by atoms with Gasteiger partial charge in [0.05, 0.1) is 0 Å². The fraction of sp³-hybridized carbons (Fsp3) is 0.438. The Morgan fingerprint density at radius 3 is 2.63 bits per heavy atom. The summed E-state index contributed by atoms with van der Waals surface area (Å²) in [4.78, 5) is 15.3. The van der Waals surface area contributed by atoms with Crippen molar-refractivity contribution in [3.63, 3.8) is 0 Å². The van der Waals surface area contributed by atoms with Gasteiger partial charge in [-0.3, -0.25) is 4.79 Å². The molecule has 1 atom stereocenters. The standard InChI is InChI=1S/C16H22N2O/c1-11(17-15(19)16(2,3)4)9-13-10-12-7-5-6-8-14(12)18-13/h5-8,10-11,18H,9H2,1-4H3,(H,17,19). The first-order valence-corrected chi connectivity index (χ1v) is 6.74. The fourth-order valence-electron chi connectivity index (χ4n) is 2.06. The van der Waals surface area contributed by atoms with Gasteiger partial charge in [0.25, 0.3) is 0 Å². The summed E-state index contributed by atoms with van der Waals surface area (Å²) in [7, 11) is 0. The number of benzene rings is 1. The molecule has 0 aliphatic rings. The highest BCUT2D eigenvalue weighted by molar-refractivity contribution is 5.82. The van der Waals surface area contributed by atoms with Gasteiger partial charge < -0.3 is 10.3 Å². The molecule has 0 saturated heterocycles. The van der Waals surface area contributed by atoms with E-state index in [-0.39, 0.29) is 17.4 Å². The zero-order valence-corrected chi connectivity index (χ0v) is 12.1. The fourth-order valence-corrected chi connectivity index (χ4v) is 2.06. The van der Waals surface area contributed by atoms with Crippen LogP contribution in [-0.2, 0) is 11.2 Å². The van der Waals surface area contributed by atoms with E-state index in [1.807, 2.05) is 39.8 Å². The van der Waals surface area contributed by atoms with Crippen molar-refractivity contribution in [2.24, 2.45) is 5.41 Å². The summed E-state index contributed by atoms with van der Waals surface area (Å²) in [6, 6.07) is 10.5. The monoisotopic (exact) mass is 258 g/mol. The van der Waals surface area contributed by atoms with E-state index in [2.05, 4.69) is 28.5 Å². The normalized spacial score (nSPS) is 13.5. The summed E-state index contributed by atoms with van der Waals surface area (Å²) in [5.74, 6) is 0.0936. The van der Waals surface area contributed by atoms with Gasteiger partial charge >= 0.3 is 0 Å². The van der Waals surface area contributed by atoms with Gasteiger partial charge in [0, 0.05) is 29.1 Å². The Balaban J connectivity index is 2.02. The molecule has 1 heterocycles. The van der Waals surface area contributed by atoms with Crippen LogP contribution in [0, 0.1) is 5.41 Å². The number of hydrogen-bond donors (Lipinski definition) is 2. The molecule has 2 rings (SSSR count). The molecule has 3 nitrogen and oxygen atoms in total. The zero-order valence-electron chi connectivity index (χ0n) is 12.1. The smallest absolute Gasteiger partial charge is 0.225 e. The summed E-state index contributed by atoms with van der Waals surface area (Å²) >= 11 is 0. The minimum Gasteiger partial charge on any atom is -0.358 e. The van der Waals surface area contributed by atoms with Crippen molar-refractivity contribution < 1.29 is 4.79 Å². The molecule has 0 fully saturated rings. The first-order valence-electron chi connectivity index (χ1n) is 6.74. The lowest BCUT2D eigenvalue weighted by molar-refractivity contribution is -0.129. The first-order chi connectivity index (χ1) is 8.86. The van der Waals surface area contributed by atoms with Crippen molar-refractivity contribution >= 4 is 16.8 Å². The molecule has 1 aromatic heterocycles. The van der Waals surface area contributed by atoms with Gasteiger partial charge in [0.2, 0.25) is 5.91 Å². The Hall–Kier alpha value is -1.77. The number of H-pyrrole nitrogens is 1. The second-order valence-electron chi connectivity index (χ2n) is 6.21. The zero-order chi connectivity index (χ0) is 14.0. The summed E-state index contributed by atoms with van der Waals surface area (Å²) in [5.41, 5.74) is 1.96. The molecule has 0 spiro atoms. The number of nitrogens with one attached hydrogen (secondary N) is 2. The summed E-state index contributed by atoms with van der Waals surface area (Å²) < 4.78 is 0. The molecule has 2 N–H and O–H groups in total. The highest BCUT2D eigenvalue weighted by Gasteiger charge is 2.22. The average Bonchev–Trinajstić information content (AvgIpc) is 2.69. The quantitative estimate of drug-likeness (QED) is 0.872. The molecule has 0 bridgehead atoms. The van der Waals surface area contributed by atoms with Gasteiger partial charge in [-0.2, -0.15) is 0 Å².